The van der Waals surface area contributed by atoms with Crippen molar-refractivity contribution in [3.05, 3.63) is 0 Å². The summed E-state index contributed by atoms with van der Waals surface area (Å²) >= 11 is 0. The highest BCUT2D eigenvalue weighted by molar-refractivity contribution is 5.55. The Morgan fingerprint density at radius 1 is 1.75 bits per heavy atom. The van der Waals surface area contributed by atoms with Crippen LogP contribution in [0.5, 0.6) is 0 Å². The van der Waals surface area contributed by atoms with Crippen molar-refractivity contribution in [1.82, 2.24) is 0 Å². The second-order valence-corrected chi connectivity index (χ2v) is 1.79. The Hall–Kier alpha value is -0.410. The number of aliphatic hydroxyl groups is 2. The average molecular weight is 118 g/mol. The first kappa shape index (κ1) is 7.59. The van der Waals surface area contributed by atoms with Gasteiger partial charge < -0.3 is 15.0 Å². The van der Waals surface area contributed by atoms with Crippen LogP contribution in [0.2, 0.25) is 0 Å². The van der Waals surface area contributed by atoms with Crippen LogP contribution in [0.25, 0.3) is 0 Å². The predicted octanol–water partition coefficient (Wildman–Crippen LogP) is -0.825. The molecule has 0 aromatic carbocycles. The van der Waals surface area contributed by atoms with Crippen LogP contribution in [0.15, 0.2) is 0 Å². The van der Waals surface area contributed by atoms with Crippen LogP contribution in [-0.2, 0) is 4.79 Å². The highest BCUT2D eigenvalue weighted by atomic mass is 16.3. The predicted molar refractivity (Wildman–Crippen MR) is 28.3 cm³/mol. The maximum Gasteiger partial charge on any atom is 0.148 e. The minimum atomic E-state index is -1.01. The Balaban J connectivity index is 3.44. The molecule has 0 heterocycles. The molecule has 2 atom stereocenters. The molecule has 0 aliphatic carbocycles. The third kappa shape index (κ3) is 2.04. The number of aldehydes is 1. The van der Waals surface area contributed by atoms with Crippen LogP contribution in [0.4, 0.5) is 0 Å². The molecule has 0 aromatic rings. The standard InChI is InChI=1S/C5H10O3/c1-4(2-6)5(8)3-7/h3-6,8H,2H2,1H3/t4-,5-/m1/s1. The fourth-order valence-corrected chi connectivity index (χ4v) is 0.242. The molecule has 3 nitrogen and oxygen atoms in total. The summed E-state index contributed by atoms with van der Waals surface area (Å²) in [7, 11) is 0. The normalized spacial score (nSPS) is 17.4. The second kappa shape index (κ2) is 3.57. The second-order valence-electron chi connectivity index (χ2n) is 1.79. The van der Waals surface area contributed by atoms with E-state index in [-0.39, 0.29) is 12.5 Å². The van der Waals surface area contributed by atoms with Crippen molar-refractivity contribution >= 4 is 6.29 Å². The highest BCUT2D eigenvalue weighted by Gasteiger charge is 2.09. The summed E-state index contributed by atoms with van der Waals surface area (Å²) in [6, 6.07) is 0. The van der Waals surface area contributed by atoms with E-state index in [1.54, 1.807) is 6.92 Å². The van der Waals surface area contributed by atoms with E-state index in [9.17, 15) is 4.79 Å². The molecule has 2 N–H and O–H groups in total. The van der Waals surface area contributed by atoms with Gasteiger partial charge >= 0.3 is 0 Å². The van der Waals surface area contributed by atoms with E-state index in [1.807, 2.05) is 0 Å². The Bertz CT molecular complexity index is 72.1. The summed E-state index contributed by atoms with van der Waals surface area (Å²) in [6.45, 7) is 1.44. The lowest BCUT2D eigenvalue weighted by Crippen LogP contribution is -2.21. The molecule has 0 bridgehead atoms. The van der Waals surface area contributed by atoms with Crippen LogP contribution in [0.3, 0.4) is 0 Å². The summed E-state index contributed by atoms with van der Waals surface area (Å²) in [5.41, 5.74) is 0. The van der Waals surface area contributed by atoms with Crippen molar-refractivity contribution in [1.29, 1.82) is 0 Å². The molecule has 0 aliphatic rings. The first-order valence-electron chi connectivity index (χ1n) is 2.46. The zero-order valence-electron chi connectivity index (χ0n) is 4.74. The van der Waals surface area contributed by atoms with Crippen molar-refractivity contribution in [3.63, 3.8) is 0 Å². The minimum absolute atomic E-state index is 0.153. The highest BCUT2D eigenvalue weighted by Crippen LogP contribution is 1.96. The van der Waals surface area contributed by atoms with Gasteiger partial charge in [-0.15, -0.1) is 0 Å². The van der Waals surface area contributed by atoms with E-state index in [0.717, 1.165) is 0 Å². The van der Waals surface area contributed by atoms with E-state index in [4.69, 9.17) is 10.2 Å². The molecular formula is C5H10O3. The fourth-order valence-electron chi connectivity index (χ4n) is 0.242. The molecule has 0 saturated carbocycles. The number of rotatable bonds is 3. The molecule has 0 unspecified atom stereocenters. The molecule has 0 aliphatic heterocycles. The van der Waals surface area contributed by atoms with Gasteiger partial charge in [0.2, 0.25) is 0 Å². The molecule has 0 saturated heterocycles. The quantitative estimate of drug-likeness (QED) is 0.476. The van der Waals surface area contributed by atoms with Crippen LogP contribution in [0.1, 0.15) is 6.92 Å². The first-order chi connectivity index (χ1) is 3.72. The van der Waals surface area contributed by atoms with Gasteiger partial charge in [-0.25, -0.2) is 0 Å². The fraction of sp³-hybridized carbons (Fsp3) is 0.800. The molecular weight excluding hydrogens is 108 g/mol. The number of carbonyl (C=O) groups is 1. The van der Waals surface area contributed by atoms with E-state index >= 15 is 0 Å². The van der Waals surface area contributed by atoms with Gasteiger partial charge in [-0.3, -0.25) is 0 Å². The smallest absolute Gasteiger partial charge is 0.148 e. The SMILES string of the molecule is C[C@H](CO)[C@H](O)C=O. The van der Waals surface area contributed by atoms with Gasteiger partial charge in [0.25, 0.3) is 0 Å². The topological polar surface area (TPSA) is 57.5 Å². The van der Waals surface area contributed by atoms with Gasteiger partial charge in [0, 0.05) is 12.5 Å². The van der Waals surface area contributed by atoms with E-state index in [1.165, 1.54) is 0 Å². The number of aliphatic hydroxyl groups excluding tert-OH is 2. The maximum absolute atomic E-state index is 9.74. The Labute approximate surface area is 47.9 Å². The van der Waals surface area contributed by atoms with Gasteiger partial charge in [-0.2, -0.15) is 0 Å². The summed E-state index contributed by atoms with van der Waals surface area (Å²) in [6.07, 6.45) is -0.596. The van der Waals surface area contributed by atoms with Gasteiger partial charge in [-0.1, -0.05) is 6.92 Å². The van der Waals surface area contributed by atoms with Gasteiger partial charge in [-0.05, 0) is 0 Å². The molecule has 0 aromatic heterocycles. The first-order valence-corrected chi connectivity index (χ1v) is 2.46. The molecule has 0 rings (SSSR count). The maximum atomic E-state index is 9.74. The number of carbonyl (C=O) groups excluding carboxylic acids is 1. The van der Waals surface area contributed by atoms with Crippen molar-refractivity contribution in [2.75, 3.05) is 6.61 Å². The molecule has 48 valence electrons. The van der Waals surface area contributed by atoms with Crippen molar-refractivity contribution in [2.45, 2.75) is 13.0 Å². The van der Waals surface area contributed by atoms with Gasteiger partial charge in [0.15, 0.2) is 0 Å². The lowest BCUT2D eigenvalue weighted by molar-refractivity contribution is -0.117. The van der Waals surface area contributed by atoms with Crippen molar-refractivity contribution < 1.29 is 15.0 Å². The zero-order chi connectivity index (χ0) is 6.57. The minimum Gasteiger partial charge on any atom is -0.396 e. The van der Waals surface area contributed by atoms with Crippen LogP contribution >= 0.6 is 0 Å². The monoisotopic (exact) mass is 118 g/mol. The molecule has 0 amide bonds. The van der Waals surface area contributed by atoms with Crippen LogP contribution in [0, 0.1) is 5.92 Å². The van der Waals surface area contributed by atoms with Crippen LogP contribution < -0.4 is 0 Å². The van der Waals surface area contributed by atoms with Crippen molar-refractivity contribution in [3.8, 4) is 0 Å². The lowest BCUT2D eigenvalue weighted by Gasteiger charge is -2.07. The number of hydrogen-bond acceptors (Lipinski definition) is 3. The number of hydrogen-bond donors (Lipinski definition) is 2. The van der Waals surface area contributed by atoms with Crippen molar-refractivity contribution in [2.24, 2.45) is 5.92 Å². The van der Waals surface area contributed by atoms with E-state index in [0.29, 0.717) is 6.29 Å². The van der Waals surface area contributed by atoms with Gasteiger partial charge in [0.05, 0.1) is 0 Å². The van der Waals surface area contributed by atoms with E-state index < -0.39 is 6.10 Å². The lowest BCUT2D eigenvalue weighted by atomic mass is 10.1. The molecule has 0 fully saturated rings. The van der Waals surface area contributed by atoms with Crippen LogP contribution in [-0.4, -0.2) is 29.2 Å². The summed E-state index contributed by atoms with van der Waals surface area (Å²) < 4.78 is 0. The zero-order valence-corrected chi connectivity index (χ0v) is 4.74. The third-order valence-electron chi connectivity index (χ3n) is 1.01. The largest absolute Gasteiger partial charge is 0.396 e. The molecule has 0 spiro atoms. The summed E-state index contributed by atoms with van der Waals surface area (Å²) in [5, 5.41) is 16.9. The Kier molecular flexibility index (Phi) is 3.39. The average Bonchev–Trinajstić information content (AvgIpc) is 1.84. The Morgan fingerprint density at radius 3 is 2.38 bits per heavy atom. The molecule has 0 radical (unpaired) electrons. The van der Waals surface area contributed by atoms with E-state index in [2.05, 4.69) is 0 Å². The Morgan fingerprint density at radius 2 is 2.25 bits per heavy atom. The third-order valence-corrected chi connectivity index (χ3v) is 1.01. The summed E-state index contributed by atoms with van der Waals surface area (Å²) in [5.74, 6) is -0.340. The molecule has 3 heteroatoms. The van der Waals surface area contributed by atoms with Gasteiger partial charge in [0.1, 0.15) is 12.4 Å². The summed E-state index contributed by atoms with van der Waals surface area (Å²) in [4.78, 5) is 9.74. The molecule has 8 heavy (non-hydrogen) atoms.